The summed E-state index contributed by atoms with van der Waals surface area (Å²) in [4.78, 5) is 18.6. The highest BCUT2D eigenvalue weighted by atomic mass is 32.2. The van der Waals surface area contributed by atoms with E-state index >= 15 is 0 Å². The van der Waals surface area contributed by atoms with E-state index in [1.165, 1.54) is 18.5 Å². The maximum absolute atomic E-state index is 14.0. The Morgan fingerprint density at radius 2 is 1.60 bits per heavy atom. The Labute approximate surface area is 267 Å². The molecule has 3 aromatic rings. The van der Waals surface area contributed by atoms with Crippen LogP contribution in [0.5, 0.6) is 5.75 Å². The van der Waals surface area contributed by atoms with Gasteiger partial charge in [-0.1, -0.05) is 36.8 Å². The molecule has 6 rings (SSSR count). The van der Waals surface area contributed by atoms with E-state index in [0.717, 1.165) is 50.3 Å². The van der Waals surface area contributed by atoms with Gasteiger partial charge in [-0.3, -0.25) is 9.69 Å². The lowest BCUT2D eigenvalue weighted by Crippen LogP contribution is -2.47. The van der Waals surface area contributed by atoms with Crippen molar-refractivity contribution in [3.05, 3.63) is 82.7 Å². The number of aryl methyl sites for hydroxylation is 2. The number of nitrogens with zero attached hydrogens (tertiary/aromatic N) is 4. The second-order valence-corrected chi connectivity index (χ2v) is 14.5. The molecule has 2 fully saturated rings. The second-order valence-electron chi connectivity index (χ2n) is 12.7. The van der Waals surface area contributed by atoms with E-state index in [9.17, 15) is 13.2 Å². The number of likely N-dealkylation sites (tertiary alicyclic amines) is 1. The van der Waals surface area contributed by atoms with Gasteiger partial charge in [0.1, 0.15) is 12.4 Å². The summed E-state index contributed by atoms with van der Waals surface area (Å²) in [5, 5.41) is 0. The maximum Gasteiger partial charge on any atom is 0.249 e. The molecule has 2 atom stereocenters. The van der Waals surface area contributed by atoms with Gasteiger partial charge in [-0.2, -0.15) is 4.31 Å². The normalized spacial score (nSPS) is 21.2. The summed E-state index contributed by atoms with van der Waals surface area (Å²) in [6.07, 6.45) is 4.94. The zero-order valence-corrected chi connectivity index (χ0v) is 27.6. The smallest absolute Gasteiger partial charge is 0.249 e. The van der Waals surface area contributed by atoms with E-state index in [0.29, 0.717) is 41.3 Å². The highest BCUT2D eigenvalue weighted by Gasteiger charge is 2.37. The van der Waals surface area contributed by atoms with Crippen molar-refractivity contribution in [3.63, 3.8) is 0 Å². The number of carbonyl (C=O) groups is 1. The van der Waals surface area contributed by atoms with Crippen LogP contribution in [0.3, 0.4) is 0 Å². The first-order valence-electron chi connectivity index (χ1n) is 16.3. The number of hydrogen-bond donors (Lipinski definition) is 0. The summed E-state index contributed by atoms with van der Waals surface area (Å²) in [6, 6.07) is 17.6. The SMILES string of the molecule is COc1cc(C)c(S(=O)(=O)N2CCCCC2COCC(=O)N2CCn3c(CN4CCCC4)ccc3C2c2ccccc2)c(C)c1. The molecule has 9 nitrogen and oxygen atoms in total. The van der Waals surface area contributed by atoms with Crippen LogP contribution in [0, 0.1) is 13.8 Å². The van der Waals surface area contributed by atoms with Gasteiger partial charge in [0.25, 0.3) is 0 Å². The minimum Gasteiger partial charge on any atom is -0.497 e. The van der Waals surface area contributed by atoms with Crippen LogP contribution in [0.4, 0.5) is 0 Å². The standard InChI is InChI=1S/C35H46N4O5S/c1-26-21-31(43-3)22-27(2)35(26)45(41,42)39-18-8-7-13-30(39)24-44-25-33(40)38-20-19-37-29(23-36-16-9-10-17-36)14-15-32(37)34(38)28-11-5-4-6-12-28/h4-6,11-12,14-15,21-22,30,34H,7-10,13,16-20,23-25H2,1-3H3. The molecule has 45 heavy (non-hydrogen) atoms. The molecule has 1 amide bonds. The topological polar surface area (TPSA) is 84.3 Å². The largest absolute Gasteiger partial charge is 0.497 e. The van der Waals surface area contributed by atoms with Gasteiger partial charge in [0.2, 0.25) is 15.9 Å². The summed E-state index contributed by atoms with van der Waals surface area (Å²) >= 11 is 0. The van der Waals surface area contributed by atoms with Gasteiger partial charge in [0, 0.05) is 43.6 Å². The highest BCUT2D eigenvalue weighted by Crippen LogP contribution is 2.35. The van der Waals surface area contributed by atoms with Crippen LogP contribution in [-0.2, 0) is 32.6 Å². The average molecular weight is 635 g/mol. The Balaban J connectivity index is 1.16. The Kier molecular flexibility index (Phi) is 9.65. The molecule has 0 spiro atoms. The molecule has 4 heterocycles. The molecule has 2 aromatic carbocycles. The Morgan fingerprint density at radius 3 is 2.31 bits per heavy atom. The number of amides is 1. The van der Waals surface area contributed by atoms with Crippen LogP contribution in [0.2, 0.25) is 0 Å². The Bertz CT molecular complexity index is 1580. The van der Waals surface area contributed by atoms with E-state index in [2.05, 4.69) is 33.7 Å². The fourth-order valence-corrected chi connectivity index (χ4v) is 9.57. The third-order valence-electron chi connectivity index (χ3n) is 9.63. The number of ether oxygens (including phenoxy) is 2. The number of piperidine rings is 1. The van der Waals surface area contributed by atoms with Crippen molar-refractivity contribution in [2.24, 2.45) is 0 Å². The summed E-state index contributed by atoms with van der Waals surface area (Å²) in [7, 11) is -2.18. The predicted octanol–water partition coefficient (Wildman–Crippen LogP) is 4.90. The zero-order chi connectivity index (χ0) is 31.6. The first-order chi connectivity index (χ1) is 21.8. The van der Waals surface area contributed by atoms with Crippen LogP contribution in [-0.4, -0.2) is 85.5 Å². The highest BCUT2D eigenvalue weighted by molar-refractivity contribution is 7.89. The third kappa shape index (κ3) is 6.56. The van der Waals surface area contributed by atoms with E-state index in [1.54, 1.807) is 23.5 Å². The number of rotatable bonds is 10. The number of benzene rings is 2. The van der Waals surface area contributed by atoms with Crippen molar-refractivity contribution < 1.29 is 22.7 Å². The van der Waals surface area contributed by atoms with Crippen molar-refractivity contribution in [1.29, 1.82) is 0 Å². The molecule has 0 aliphatic carbocycles. The molecule has 2 saturated heterocycles. The molecule has 0 N–H and O–H groups in total. The van der Waals surface area contributed by atoms with E-state index in [1.807, 2.05) is 36.9 Å². The number of fused-ring (bicyclic) bond motifs is 1. The van der Waals surface area contributed by atoms with Crippen LogP contribution in [0.1, 0.15) is 66.2 Å². The second kappa shape index (κ2) is 13.7. The van der Waals surface area contributed by atoms with Crippen molar-refractivity contribution in [3.8, 4) is 5.75 Å². The van der Waals surface area contributed by atoms with Gasteiger partial charge in [-0.15, -0.1) is 0 Å². The summed E-state index contributed by atoms with van der Waals surface area (Å²) < 4.78 is 43.3. The lowest BCUT2D eigenvalue weighted by atomic mass is 10.00. The summed E-state index contributed by atoms with van der Waals surface area (Å²) in [5.74, 6) is 0.562. The number of hydrogen-bond acceptors (Lipinski definition) is 6. The number of sulfonamides is 1. The fraction of sp³-hybridized carbons (Fsp3) is 0.514. The third-order valence-corrected chi connectivity index (χ3v) is 11.9. The first-order valence-corrected chi connectivity index (χ1v) is 17.7. The van der Waals surface area contributed by atoms with Crippen molar-refractivity contribution in [2.45, 2.75) is 76.0 Å². The monoisotopic (exact) mass is 634 g/mol. The van der Waals surface area contributed by atoms with Crippen molar-refractivity contribution in [2.75, 3.05) is 46.5 Å². The fourth-order valence-electron chi connectivity index (χ4n) is 7.47. The average Bonchev–Trinajstić information content (AvgIpc) is 3.71. The molecule has 3 aliphatic heterocycles. The summed E-state index contributed by atoms with van der Waals surface area (Å²) in [6.45, 7) is 8.71. The van der Waals surface area contributed by atoms with E-state index in [4.69, 9.17) is 9.47 Å². The van der Waals surface area contributed by atoms with Crippen LogP contribution < -0.4 is 4.74 Å². The number of methoxy groups -OCH3 is 1. The van der Waals surface area contributed by atoms with Gasteiger partial charge >= 0.3 is 0 Å². The number of carbonyl (C=O) groups excluding carboxylic acids is 1. The zero-order valence-electron chi connectivity index (χ0n) is 26.8. The summed E-state index contributed by atoms with van der Waals surface area (Å²) in [5.41, 5.74) is 4.84. The molecule has 0 saturated carbocycles. The minimum atomic E-state index is -3.76. The Morgan fingerprint density at radius 1 is 0.889 bits per heavy atom. The van der Waals surface area contributed by atoms with Crippen LogP contribution in [0.25, 0.3) is 0 Å². The minimum absolute atomic E-state index is 0.0792. The molecule has 2 unspecified atom stereocenters. The van der Waals surface area contributed by atoms with Gasteiger partial charge in [0.05, 0.1) is 24.7 Å². The van der Waals surface area contributed by atoms with E-state index in [-0.39, 0.29) is 31.2 Å². The van der Waals surface area contributed by atoms with Crippen molar-refractivity contribution >= 4 is 15.9 Å². The molecule has 1 aromatic heterocycles. The molecule has 0 radical (unpaired) electrons. The first kappa shape index (κ1) is 31.8. The van der Waals surface area contributed by atoms with Gasteiger partial charge < -0.3 is 18.9 Å². The van der Waals surface area contributed by atoms with Gasteiger partial charge in [0.15, 0.2) is 0 Å². The molecule has 10 heteroatoms. The van der Waals surface area contributed by atoms with E-state index < -0.39 is 10.0 Å². The molecule has 0 bridgehead atoms. The van der Waals surface area contributed by atoms with Crippen LogP contribution in [0.15, 0.2) is 59.5 Å². The molecular weight excluding hydrogens is 588 g/mol. The quantitative estimate of drug-likeness (QED) is 0.316. The van der Waals surface area contributed by atoms with Gasteiger partial charge in [-0.05, 0) is 93.6 Å². The lowest BCUT2D eigenvalue weighted by Gasteiger charge is -2.38. The molecular formula is C35H46N4O5S. The predicted molar refractivity (Wildman–Crippen MR) is 174 cm³/mol. The van der Waals surface area contributed by atoms with Crippen molar-refractivity contribution in [1.82, 2.24) is 18.7 Å². The number of aromatic nitrogens is 1. The molecule has 242 valence electrons. The Hall–Kier alpha value is -3.18. The molecule has 3 aliphatic rings. The van der Waals surface area contributed by atoms with Crippen LogP contribution >= 0.6 is 0 Å². The van der Waals surface area contributed by atoms with Gasteiger partial charge in [-0.25, -0.2) is 8.42 Å². The maximum atomic E-state index is 14.0. The lowest BCUT2D eigenvalue weighted by molar-refractivity contribution is -0.139.